The van der Waals surface area contributed by atoms with Gasteiger partial charge >= 0.3 is 0 Å². The first-order valence-electron chi connectivity index (χ1n) is 5.97. The molecule has 0 aliphatic carbocycles. The van der Waals surface area contributed by atoms with Gasteiger partial charge in [0.15, 0.2) is 8.32 Å². The van der Waals surface area contributed by atoms with E-state index in [0.29, 0.717) is 6.10 Å². The maximum Gasteiger partial charge on any atom is 0.186 e. The van der Waals surface area contributed by atoms with Gasteiger partial charge in [-0.3, -0.25) is 0 Å². The average molecular weight is 232 g/mol. The van der Waals surface area contributed by atoms with Crippen LogP contribution < -0.4 is 0 Å². The van der Waals surface area contributed by atoms with Crippen molar-refractivity contribution < 1.29 is 13.9 Å². The Labute approximate surface area is 94.2 Å². The average Bonchev–Trinajstić information content (AvgIpc) is 2.98. The summed E-state index contributed by atoms with van der Waals surface area (Å²) in [4.78, 5) is 0. The summed E-state index contributed by atoms with van der Waals surface area (Å²) in [6, 6.07) is 1.19. The van der Waals surface area contributed by atoms with Gasteiger partial charge in [0.1, 0.15) is 6.10 Å². The van der Waals surface area contributed by atoms with Crippen LogP contribution in [0.3, 0.4) is 0 Å². The molecule has 0 aromatic rings. The lowest BCUT2D eigenvalue weighted by Gasteiger charge is -2.22. The fourth-order valence-corrected chi connectivity index (χ4v) is 3.33. The molecule has 0 spiro atoms. The highest BCUT2D eigenvalue weighted by Gasteiger charge is 2.23. The molecule has 1 unspecified atom stereocenters. The fraction of sp³-hybridized carbons (Fsp3) is 1.00. The Morgan fingerprint density at radius 1 is 1.33 bits per heavy atom. The Kier molecular flexibility index (Phi) is 5.82. The molecule has 1 aliphatic rings. The molecule has 1 saturated heterocycles. The van der Waals surface area contributed by atoms with Crippen LogP contribution in [0.5, 0.6) is 0 Å². The fourth-order valence-electron chi connectivity index (χ4n) is 1.43. The Morgan fingerprint density at radius 2 is 2.07 bits per heavy atom. The first-order valence-corrected chi connectivity index (χ1v) is 9.09. The molecule has 1 atom stereocenters. The van der Waals surface area contributed by atoms with E-state index in [1.54, 1.807) is 0 Å². The minimum absolute atomic E-state index is 0.395. The van der Waals surface area contributed by atoms with Crippen molar-refractivity contribution in [3.8, 4) is 0 Å². The summed E-state index contributed by atoms with van der Waals surface area (Å²) in [5.41, 5.74) is 0. The van der Waals surface area contributed by atoms with Crippen LogP contribution in [0.15, 0.2) is 0 Å². The van der Waals surface area contributed by atoms with Crippen molar-refractivity contribution in [1.82, 2.24) is 0 Å². The van der Waals surface area contributed by atoms with Gasteiger partial charge in [-0.1, -0.05) is 6.92 Å². The predicted octanol–water partition coefficient (Wildman–Crippen LogP) is 2.42. The van der Waals surface area contributed by atoms with Crippen LogP contribution in [0.4, 0.5) is 0 Å². The monoisotopic (exact) mass is 232 g/mol. The van der Waals surface area contributed by atoms with Gasteiger partial charge in [-0.25, -0.2) is 0 Å². The molecule has 15 heavy (non-hydrogen) atoms. The molecule has 0 radical (unpaired) electrons. The first-order chi connectivity index (χ1) is 7.14. The zero-order valence-electron chi connectivity index (χ0n) is 10.3. The smallest absolute Gasteiger partial charge is 0.186 e. The van der Waals surface area contributed by atoms with Crippen LogP contribution in [-0.4, -0.2) is 40.8 Å². The summed E-state index contributed by atoms with van der Waals surface area (Å²) in [5, 5.41) is 0. The summed E-state index contributed by atoms with van der Waals surface area (Å²) in [5.74, 6) is 0. The minimum Gasteiger partial charge on any atom is -0.417 e. The van der Waals surface area contributed by atoms with Crippen molar-refractivity contribution in [3.63, 3.8) is 0 Å². The normalized spacial score (nSPS) is 20.6. The molecule has 1 heterocycles. The van der Waals surface area contributed by atoms with Gasteiger partial charge in [0, 0.05) is 13.2 Å². The van der Waals surface area contributed by atoms with Crippen molar-refractivity contribution in [2.45, 2.75) is 45.0 Å². The van der Waals surface area contributed by atoms with E-state index in [1.165, 1.54) is 6.04 Å². The lowest BCUT2D eigenvalue weighted by atomic mass is 10.5. The molecule has 4 heteroatoms. The molecule has 0 aromatic carbocycles. The van der Waals surface area contributed by atoms with Crippen LogP contribution in [-0.2, 0) is 13.9 Å². The van der Waals surface area contributed by atoms with E-state index in [2.05, 4.69) is 20.0 Å². The zero-order chi connectivity index (χ0) is 11.1. The largest absolute Gasteiger partial charge is 0.417 e. The van der Waals surface area contributed by atoms with E-state index in [9.17, 15) is 0 Å². The highest BCUT2D eigenvalue weighted by Crippen LogP contribution is 2.14. The Morgan fingerprint density at radius 3 is 2.67 bits per heavy atom. The van der Waals surface area contributed by atoms with Crippen LogP contribution in [0.25, 0.3) is 0 Å². The van der Waals surface area contributed by atoms with Crippen molar-refractivity contribution >= 4 is 8.32 Å². The molecule has 1 rings (SSSR count). The van der Waals surface area contributed by atoms with E-state index < -0.39 is 8.32 Å². The molecular weight excluding hydrogens is 208 g/mol. The molecule has 0 N–H and O–H groups in total. The Balaban J connectivity index is 1.91. The molecule has 1 fully saturated rings. The molecule has 3 nitrogen and oxygen atoms in total. The number of ether oxygens (including phenoxy) is 2. The number of epoxide rings is 1. The van der Waals surface area contributed by atoms with Gasteiger partial charge < -0.3 is 13.9 Å². The quantitative estimate of drug-likeness (QED) is 0.347. The third-order valence-corrected chi connectivity index (χ3v) is 5.01. The second kappa shape index (κ2) is 6.63. The number of hydrogen-bond acceptors (Lipinski definition) is 3. The summed E-state index contributed by atoms with van der Waals surface area (Å²) in [6.07, 6.45) is 2.63. The first kappa shape index (κ1) is 13.2. The van der Waals surface area contributed by atoms with Gasteiger partial charge in [-0.15, -0.1) is 0 Å². The maximum atomic E-state index is 5.88. The highest BCUT2D eigenvalue weighted by atomic mass is 28.4. The third kappa shape index (κ3) is 7.06. The van der Waals surface area contributed by atoms with Gasteiger partial charge in [-0.05, 0) is 32.0 Å². The molecule has 0 amide bonds. The molecule has 0 bridgehead atoms. The van der Waals surface area contributed by atoms with Crippen LogP contribution in [0.2, 0.25) is 19.1 Å². The Bertz CT molecular complexity index is 169. The van der Waals surface area contributed by atoms with Crippen LogP contribution in [0.1, 0.15) is 19.8 Å². The van der Waals surface area contributed by atoms with Crippen molar-refractivity contribution in [3.05, 3.63) is 0 Å². The second-order valence-corrected chi connectivity index (χ2v) is 9.05. The van der Waals surface area contributed by atoms with E-state index in [0.717, 1.165) is 39.3 Å². The Hall–Kier alpha value is 0.0969. The summed E-state index contributed by atoms with van der Waals surface area (Å²) in [7, 11) is -1.40. The van der Waals surface area contributed by atoms with Gasteiger partial charge in [-0.2, -0.15) is 0 Å². The van der Waals surface area contributed by atoms with E-state index in [1.807, 2.05) is 0 Å². The number of rotatable bonds is 9. The predicted molar refractivity (Wildman–Crippen MR) is 63.7 cm³/mol. The lowest BCUT2D eigenvalue weighted by Crippen LogP contribution is -2.30. The molecule has 1 aliphatic heterocycles. The van der Waals surface area contributed by atoms with Gasteiger partial charge in [0.2, 0.25) is 0 Å². The molecule has 0 saturated carbocycles. The third-order valence-electron chi connectivity index (χ3n) is 2.47. The van der Waals surface area contributed by atoms with E-state index >= 15 is 0 Å². The van der Waals surface area contributed by atoms with Crippen molar-refractivity contribution in [2.75, 3.05) is 26.4 Å². The zero-order valence-corrected chi connectivity index (χ0v) is 11.3. The summed E-state index contributed by atoms with van der Waals surface area (Å²) < 4.78 is 16.4. The SMILES string of the molecule is CCCO[Si](C)(C)CCCOCC1CO1. The van der Waals surface area contributed by atoms with E-state index in [-0.39, 0.29) is 0 Å². The van der Waals surface area contributed by atoms with Crippen molar-refractivity contribution in [1.29, 1.82) is 0 Å². The molecule has 90 valence electrons. The molecule has 0 aromatic heterocycles. The van der Waals surface area contributed by atoms with E-state index in [4.69, 9.17) is 13.9 Å². The summed E-state index contributed by atoms with van der Waals surface area (Å²) in [6.45, 7) is 10.2. The topological polar surface area (TPSA) is 31.0 Å². The second-order valence-electron chi connectivity index (χ2n) is 4.74. The van der Waals surface area contributed by atoms with Crippen molar-refractivity contribution in [2.24, 2.45) is 0 Å². The highest BCUT2D eigenvalue weighted by molar-refractivity contribution is 6.71. The summed E-state index contributed by atoms with van der Waals surface area (Å²) >= 11 is 0. The minimum atomic E-state index is -1.40. The molecular formula is C11H24O3Si. The van der Waals surface area contributed by atoms with Crippen LogP contribution >= 0.6 is 0 Å². The number of hydrogen-bond donors (Lipinski definition) is 0. The van der Waals surface area contributed by atoms with Crippen LogP contribution in [0, 0.1) is 0 Å². The maximum absolute atomic E-state index is 5.88. The standard InChI is InChI=1S/C11H24O3Si/c1-4-6-14-15(2,3)8-5-7-12-9-11-10-13-11/h11H,4-10H2,1-3H3. The lowest BCUT2D eigenvalue weighted by molar-refractivity contribution is 0.116. The van der Waals surface area contributed by atoms with Gasteiger partial charge in [0.05, 0.1) is 13.2 Å². The van der Waals surface area contributed by atoms with Gasteiger partial charge in [0.25, 0.3) is 0 Å².